The molecule has 0 aliphatic heterocycles. The second-order valence-corrected chi connectivity index (χ2v) is 6.18. The van der Waals surface area contributed by atoms with E-state index in [1.807, 2.05) is 12.1 Å². The summed E-state index contributed by atoms with van der Waals surface area (Å²) in [6.07, 6.45) is 0.989. The van der Waals surface area contributed by atoms with Gasteiger partial charge < -0.3 is 0 Å². The minimum absolute atomic E-state index is 0.0846. The van der Waals surface area contributed by atoms with Crippen molar-refractivity contribution in [2.45, 2.75) is 18.5 Å². The third-order valence-corrected chi connectivity index (χ3v) is 4.45. The quantitative estimate of drug-likeness (QED) is 0.540. The Bertz CT molecular complexity index is 828. The normalized spacial score (nSPS) is 10.8. The van der Waals surface area contributed by atoms with Gasteiger partial charge in [-0.05, 0) is 36.2 Å². The molecule has 0 saturated carbocycles. The van der Waals surface area contributed by atoms with Crippen molar-refractivity contribution in [2.24, 2.45) is 0 Å². The molecule has 1 N–H and O–H groups in total. The summed E-state index contributed by atoms with van der Waals surface area (Å²) in [7, 11) is 0. The third-order valence-electron chi connectivity index (χ3n) is 3.60. The molecule has 0 aliphatic rings. The number of benzene rings is 2. The zero-order valence-corrected chi connectivity index (χ0v) is 13.9. The highest BCUT2D eigenvalue weighted by atomic mass is 32.2. The van der Waals surface area contributed by atoms with Crippen LogP contribution in [0.2, 0.25) is 0 Å². The van der Waals surface area contributed by atoms with Crippen molar-refractivity contribution in [1.29, 1.82) is 0 Å². The Morgan fingerprint density at radius 1 is 1.12 bits per heavy atom. The van der Waals surface area contributed by atoms with E-state index in [2.05, 4.69) is 34.2 Å². The second-order valence-electron chi connectivity index (χ2n) is 5.24. The number of rotatable bonds is 6. The molecule has 0 atom stereocenters. The topological polar surface area (TPSA) is 58.6 Å². The summed E-state index contributed by atoms with van der Waals surface area (Å²) in [6, 6.07) is 13.6. The van der Waals surface area contributed by atoms with Gasteiger partial charge in [-0.25, -0.2) is 9.37 Å². The van der Waals surface area contributed by atoms with E-state index in [4.69, 9.17) is 0 Å². The lowest BCUT2D eigenvalue weighted by atomic mass is 10.1. The molecule has 2 aromatic carbocycles. The number of aryl methyl sites for hydroxylation is 1. The Kier molecular flexibility index (Phi) is 5.05. The first kappa shape index (κ1) is 16.4. The zero-order valence-electron chi connectivity index (χ0n) is 13.1. The standard InChI is InChI=1S/C18H16FN3OS/c1-2-12-3-5-14(6-4-12)17-20-18(22-21-17)24-11-16(23)13-7-9-15(19)10-8-13/h3-10H,2,11H2,1H3,(H,20,21,22). The van der Waals surface area contributed by atoms with Crippen LogP contribution in [-0.4, -0.2) is 26.7 Å². The number of aromatic amines is 1. The zero-order chi connectivity index (χ0) is 16.9. The van der Waals surface area contributed by atoms with Crippen LogP contribution in [0.5, 0.6) is 0 Å². The van der Waals surface area contributed by atoms with Crippen LogP contribution in [0.25, 0.3) is 11.4 Å². The molecule has 24 heavy (non-hydrogen) atoms. The first-order valence-corrected chi connectivity index (χ1v) is 8.57. The summed E-state index contributed by atoms with van der Waals surface area (Å²) in [5, 5.41) is 7.53. The fraction of sp³-hybridized carbons (Fsp3) is 0.167. The minimum atomic E-state index is -0.355. The highest BCUT2D eigenvalue weighted by Crippen LogP contribution is 2.20. The number of halogens is 1. The largest absolute Gasteiger partial charge is 0.293 e. The smallest absolute Gasteiger partial charge is 0.209 e. The molecule has 0 unspecified atom stereocenters. The van der Waals surface area contributed by atoms with Crippen molar-refractivity contribution in [3.8, 4) is 11.4 Å². The molecule has 6 heteroatoms. The van der Waals surface area contributed by atoms with E-state index in [0.717, 1.165) is 12.0 Å². The number of hydrogen-bond donors (Lipinski definition) is 1. The molecule has 0 radical (unpaired) electrons. The number of thioether (sulfide) groups is 1. The first-order chi connectivity index (χ1) is 11.7. The maximum atomic E-state index is 12.9. The van der Waals surface area contributed by atoms with Gasteiger partial charge in [0.15, 0.2) is 11.6 Å². The highest BCUT2D eigenvalue weighted by Gasteiger charge is 2.11. The fourth-order valence-electron chi connectivity index (χ4n) is 2.19. The van der Waals surface area contributed by atoms with Crippen LogP contribution in [0.15, 0.2) is 53.7 Å². The van der Waals surface area contributed by atoms with Crippen molar-refractivity contribution < 1.29 is 9.18 Å². The van der Waals surface area contributed by atoms with Gasteiger partial charge in [0.05, 0.1) is 5.75 Å². The van der Waals surface area contributed by atoms with Gasteiger partial charge in [-0.15, -0.1) is 5.10 Å². The molecule has 1 aromatic heterocycles. The van der Waals surface area contributed by atoms with Crippen LogP contribution in [0.4, 0.5) is 4.39 Å². The van der Waals surface area contributed by atoms with E-state index < -0.39 is 0 Å². The van der Waals surface area contributed by atoms with E-state index in [9.17, 15) is 9.18 Å². The molecule has 0 aliphatic carbocycles. The Labute approximate surface area is 143 Å². The SMILES string of the molecule is CCc1ccc(-c2nc(SCC(=O)c3ccc(F)cc3)n[nH]2)cc1. The number of nitrogens with one attached hydrogen (secondary N) is 1. The van der Waals surface area contributed by atoms with Crippen LogP contribution in [-0.2, 0) is 6.42 Å². The van der Waals surface area contributed by atoms with E-state index >= 15 is 0 Å². The number of Topliss-reactive ketones (excluding diaryl/α,β-unsaturated/α-hetero) is 1. The number of hydrogen-bond acceptors (Lipinski definition) is 4. The molecule has 3 aromatic rings. The average Bonchev–Trinajstić information content (AvgIpc) is 3.09. The number of carbonyl (C=O) groups excluding carboxylic acids is 1. The van der Waals surface area contributed by atoms with Crippen molar-refractivity contribution in [2.75, 3.05) is 5.75 Å². The lowest BCUT2D eigenvalue weighted by Gasteiger charge is -1.99. The lowest BCUT2D eigenvalue weighted by Crippen LogP contribution is -2.02. The number of carbonyl (C=O) groups is 1. The van der Waals surface area contributed by atoms with Crippen LogP contribution in [0, 0.1) is 5.82 Å². The first-order valence-electron chi connectivity index (χ1n) is 7.59. The van der Waals surface area contributed by atoms with Crippen molar-refractivity contribution in [3.05, 3.63) is 65.5 Å². The van der Waals surface area contributed by atoms with Gasteiger partial charge in [-0.2, -0.15) is 0 Å². The van der Waals surface area contributed by atoms with E-state index in [1.165, 1.54) is 41.6 Å². The predicted octanol–water partition coefficient (Wildman–Crippen LogP) is 4.15. The molecular weight excluding hydrogens is 325 g/mol. The molecule has 1 heterocycles. The van der Waals surface area contributed by atoms with Gasteiger partial charge in [0.1, 0.15) is 5.82 Å². The molecule has 0 bridgehead atoms. The van der Waals surface area contributed by atoms with Crippen LogP contribution in [0.1, 0.15) is 22.8 Å². The van der Waals surface area contributed by atoms with E-state index in [1.54, 1.807) is 0 Å². The summed E-state index contributed by atoms with van der Waals surface area (Å²) in [5.74, 6) is 0.442. The second kappa shape index (κ2) is 7.40. The number of H-pyrrole nitrogens is 1. The van der Waals surface area contributed by atoms with E-state index in [0.29, 0.717) is 16.5 Å². The Hall–Kier alpha value is -2.47. The molecule has 0 saturated heterocycles. The van der Waals surface area contributed by atoms with Gasteiger partial charge in [-0.1, -0.05) is 43.0 Å². The Morgan fingerprint density at radius 2 is 1.83 bits per heavy atom. The molecule has 0 fully saturated rings. The maximum Gasteiger partial charge on any atom is 0.209 e. The van der Waals surface area contributed by atoms with Gasteiger partial charge in [0, 0.05) is 11.1 Å². The number of aromatic nitrogens is 3. The van der Waals surface area contributed by atoms with Crippen molar-refractivity contribution >= 4 is 17.5 Å². The van der Waals surface area contributed by atoms with Crippen LogP contribution in [0.3, 0.4) is 0 Å². The highest BCUT2D eigenvalue weighted by molar-refractivity contribution is 7.99. The third kappa shape index (κ3) is 3.89. The number of ketones is 1. The molecule has 0 spiro atoms. The van der Waals surface area contributed by atoms with Gasteiger partial charge in [0.25, 0.3) is 0 Å². The summed E-state index contributed by atoms with van der Waals surface area (Å²) in [4.78, 5) is 16.5. The molecule has 122 valence electrons. The molecular formula is C18H16FN3OS. The Morgan fingerprint density at radius 3 is 2.50 bits per heavy atom. The van der Waals surface area contributed by atoms with Crippen LogP contribution < -0.4 is 0 Å². The Balaban J connectivity index is 1.63. The minimum Gasteiger partial charge on any atom is -0.293 e. The monoisotopic (exact) mass is 341 g/mol. The van der Waals surface area contributed by atoms with E-state index in [-0.39, 0.29) is 17.4 Å². The van der Waals surface area contributed by atoms with Gasteiger partial charge in [0.2, 0.25) is 5.16 Å². The van der Waals surface area contributed by atoms with Crippen molar-refractivity contribution in [1.82, 2.24) is 15.2 Å². The van der Waals surface area contributed by atoms with Gasteiger partial charge >= 0.3 is 0 Å². The summed E-state index contributed by atoms with van der Waals surface area (Å²) in [5.41, 5.74) is 2.70. The number of nitrogens with zero attached hydrogens (tertiary/aromatic N) is 2. The van der Waals surface area contributed by atoms with Gasteiger partial charge in [-0.3, -0.25) is 9.89 Å². The fourth-order valence-corrected chi connectivity index (χ4v) is 2.88. The molecule has 4 nitrogen and oxygen atoms in total. The lowest BCUT2D eigenvalue weighted by molar-refractivity contribution is 0.102. The van der Waals surface area contributed by atoms with Crippen molar-refractivity contribution in [3.63, 3.8) is 0 Å². The average molecular weight is 341 g/mol. The summed E-state index contributed by atoms with van der Waals surface area (Å²) >= 11 is 1.25. The predicted molar refractivity (Wildman–Crippen MR) is 92.7 cm³/mol. The molecule has 3 rings (SSSR count). The van der Waals surface area contributed by atoms with Crippen LogP contribution >= 0.6 is 11.8 Å². The summed E-state index contributed by atoms with van der Waals surface area (Å²) < 4.78 is 12.9. The summed E-state index contributed by atoms with van der Waals surface area (Å²) in [6.45, 7) is 2.11. The maximum absolute atomic E-state index is 12.9. The molecule has 0 amide bonds.